The Kier molecular flexibility index (Phi) is 6.40. The average molecular weight is 459 g/mol. The summed E-state index contributed by atoms with van der Waals surface area (Å²) in [6, 6.07) is 2.81. The zero-order valence-electron chi connectivity index (χ0n) is 16.2. The fourth-order valence-electron chi connectivity index (χ4n) is 3.51. The van der Waals surface area contributed by atoms with Gasteiger partial charge < -0.3 is 10.1 Å². The Labute approximate surface area is 180 Å². The van der Waals surface area contributed by atoms with Gasteiger partial charge in [0.05, 0.1) is 22.4 Å². The second kappa shape index (κ2) is 8.70. The molecule has 1 aromatic rings. The zero-order chi connectivity index (χ0) is 22.9. The minimum absolute atomic E-state index is 0.189. The van der Waals surface area contributed by atoms with E-state index in [1.165, 1.54) is 13.0 Å². The van der Waals surface area contributed by atoms with E-state index in [1.54, 1.807) is 0 Å². The predicted octanol–water partition coefficient (Wildman–Crippen LogP) is 3.18. The number of imide groups is 1. The largest absolute Gasteiger partial charge is 0.451 e. The molecule has 0 bridgehead atoms. The summed E-state index contributed by atoms with van der Waals surface area (Å²) in [5, 5.41) is 1.68. The number of allylic oxidation sites excluding steroid dienone is 2. The number of benzene rings is 1. The highest BCUT2D eigenvalue weighted by atomic mass is 35.5. The van der Waals surface area contributed by atoms with E-state index in [-0.39, 0.29) is 5.69 Å². The van der Waals surface area contributed by atoms with Crippen molar-refractivity contribution < 1.29 is 37.1 Å². The molecule has 7 nitrogen and oxygen atoms in total. The summed E-state index contributed by atoms with van der Waals surface area (Å²) in [5.74, 6) is -3.80. The van der Waals surface area contributed by atoms with Crippen molar-refractivity contribution in [2.45, 2.75) is 32.0 Å². The molecule has 1 aromatic carbocycles. The summed E-state index contributed by atoms with van der Waals surface area (Å²) in [6.07, 6.45) is -1.64. The lowest BCUT2D eigenvalue weighted by Crippen LogP contribution is -2.39. The molecule has 1 heterocycles. The Balaban J connectivity index is 1.58. The van der Waals surface area contributed by atoms with Crippen LogP contribution in [0.15, 0.2) is 30.4 Å². The number of anilines is 1. The fourth-order valence-corrected chi connectivity index (χ4v) is 3.73. The van der Waals surface area contributed by atoms with E-state index in [4.69, 9.17) is 16.3 Å². The zero-order valence-corrected chi connectivity index (χ0v) is 17.0. The summed E-state index contributed by atoms with van der Waals surface area (Å²) >= 11 is 5.53. The number of rotatable bonds is 5. The summed E-state index contributed by atoms with van der Waals surface area (Å²) < 4.78 is 43.8. The van der Waals surface area contributed by atoms with Gasteiger partial charge in [0.15, 0.2) is 6.10 Å². The maximum absolute atomic E-state index is 12.9. The lowest BCUT2D eigenvalue weighted by Gasteiger charge is -2.17. The third kappa shape index (κ3) is 4.90. The predicted molar refractivity (Wildman–Crippen MR) is 103 cm³/mol. The standard InChI is InChI=1S/C20H18ClF3N2O5/c1-10(17(28)25-11-6-7-15(21)14(8-11)20(22,23)24)31-16(27)9-26-18(29)12-4-2-3-5-13(12)19(26)30/h2-3,6-8,10,12-13H,4-5,9H2,1H3,(H,25,28)/t10-,12-,13+/m0/s1. The van der Waals surface area contributed by atoms with Crippen LogP contribution in [0.1, 0.15) is 25.3 Å². The van der Waals surface area contributed by atoms with Crippen molar-refractivity contribution in [3.8, 4) is 0 Å². The number of hydrogen-bond acceptors (Lipinski definition) is 5. The molecule has 3 amide bonds. The summed E-state index contributed by atoms with van der Waals surface area (Å²) in [7, 11) is 0. The number of nitrogens with zero attached hydrogens (tertiary/aromatic N) is 1. The normalized spacial score (nSPS) is 21.6. The van der Waals surface area contributed by atoms with Crippen LogP contribution < -0.4 is 5.32 Å². The summed E-state index contributed by atoms with van der Waals surface area (Å²) in [6.45, 7) is 0.576. The molecule has 2 aliphatic rings. The van der Waals surface area contributed by atoms with Crippen LogP contribution in [-0.4, -0.2) is 41.2 Å². The molecule has 166 valence electrons. The van der Waals surface area contributed by atoms with E-state index < -0.39 is 64.9 Å². The molecule has 1 saturated heterocycles. The lowest BCUT2D eigenvalue weighted by molar-refractivity contribution is -0.158. The second-order valence-corrected chi connectivity index (χ2v) is 7.64. The molecule has 1 aliphatic heterocycles. The van der Waals surface area contributed by atoms with E-state index >= 15 is 0 Å². The highest BCUT2D eigenvalue weighted by Crippen LogP contribution is 2.36. The summed E-state index contributed by atoms with van der Waals surface area (Å²) in [4.78, 5) is 49.9. The first-order chi connectivity index (χ1) is 14.5. The molecule has 1 fully saturated rings. The Hall–Kier alpha value is -2.88. The highest BCUT2D eigenvalue weighted by molar-refractivity contribution is 6.31. The van der Waals surface area contributed by atoms with Gasteiger partial charge in [-0.15, -0.1) is 0 Å². The van der Waals surface area contributed by atoms with E-state index in [1.807, 2.05) is 12.2 Å². The van der Waals surface area contributed by atoms with E-state index in [9.17, 15) is 32.3 Å². The van der Waals surface area contributed by atoms with Gasteiger partial charge in [-0.1, -0.05) is 23.8 Å². The van der Waals surface area contributed by atoms with Crippen molar-refractivity contribution in [3.05, 3.63) is 40.9 Å². The van der Waals surface area contributed by atoms with Gasteiger partial charge in [0.1, 0.15) is 6.54 Å². The van der Waals surface area contributed by atoms with Crippen LogP contribution >= 0.6 is 11.6 Å². The van der Waals surface area contributed by atoms with Crippen molar-refractivity contribution in [1.29, 1.82) is 0 Å². The molecule has 0 saturated carbocycles. The third-order valence-electron chi connectivity index (χ3n) is 5.10. The van der Waals surface area contributed by atoms with Crippen LogP contribution in [0.4, 0.5) is 18.9 Å². The number of nitrogens with one attached hydrogen (secondary N) is 1. The smallest absolute Gasteiger partial charge is 0.417 e. The van der Waals surface area contributed by atoms with Crippen molar-refractivity contribution in [2.24, 2.45) is 11.8 Å². The molecular formula is C20H18ClF3N2O5. The van der Waals surface area contributed by atoms with Gasteiger partial charge in [-0.2, -0.15) is 13.2 Å². The molecular weight excluding hydrogens is 441 g/mol. The van der Waals surface area contributed by atoms with E-state index in [2.05, 4.69) is 5.32 Å². The number of fused-ring (bicyclic) bond motifs is 1. The monoisotopic (exact) mass is 458 g/mol. The number of halogens is 4. The van der Waals surface area contributed by atoms with Gasteiger partial charge in [-0.25, -0.2) is 0 Å². The van der Waals surface area contributed by atoms with Crippen molar-refractivity contribution in [2.75, 3.05) is 11.9 Å². The number of carbonyl (C=O) groups is 4. The molecule has 31 heavy (non-hydrogen) atoms. The van der Waals surface area contributed by atoms with E-state index in [0.717, 1.165) is 11.0 Å². The van der Waals surface area contributed by atoms with Gasteiger partial charge in [0.2, 0.25) is 11.8 Å². The molecule has 3 atom stereocenters. The SMILES string of the molecule is C[C@H](OC(=O)CN1C(=O)[C@H]2CC=CC[C@H]2C1=O)C(=O)Nc1ccc(Cl)c(C(F)(F)F)c1. The van der Waals surface area contributed by atoms with Crippen LogP contribution in [0.3, 0.4) is 0 Å². The van der Waals surface area contributed by atoms with Crippen molar-refractivity contribution in [3.63, 3.8) is 0 Å². The van der Waals surface area contributed by atoms with Crippen LogP contribution in [0.5, 0.6) is 0 Å². The number of esters is 1. The number of ether oxygens (including phenoxy) is 1. The highest BCUT2D eigenvalue weighted by Gasteiger charge is 2.48. The molecule has 11 heteroatoms. The second-order valence-electron chi connectivity index (χ2n) is 7.23. The molecule has 0 spiro atoms. The van der Waals surface area contributed by atoms with Crippen LogP contribution in [0.25, 0.3) is 0 Å². The number of alkyl halides is 3. The maximum Gasteiger partial charge on any atom is 0.417 e. The van der Waals surface area contributed by atoms with Gasteiger partial charge >= 0.3 is 12.1 Å². The first-order valence-electron chi connectivity index (χ1n) is 9.36. The minimum atomic E-state index is -4.71. The molecule has 1 N–H and O–H groups in total. The Bertz CT molecular complexity index is 937. The third-order valence-corrected chi connectivity index (χ3v) is 5.43. The molecule has 0 aromatic heterocycles. The lowest BCUT2D eigenvalue weighted by atomic mass is 9.85. The quantitative estimate of drug-likeness (QED) is 0.415. The molecule has 0 unspecified atom stereocenters. The van der Waals surface area contributed by atoms with Crippen molar-refractivity contribution in [1.82, 2.24) is 4.90 Å². The van der Waals surface area contributed by atoms with E-state index in [0.29, 0.717) is 18.9 Å². The van der Waals surface area contributed by atoms with Gasteiger partial charge in [-0.3, -0.25) is 24.1 Å². The number of amides is 3. The van der Waals surface area contributed by atoms with Gasteiger partial charge in [-0.05, 0) is 38.0 Å². The van der Waals surface area contributed by atoms with Crippen LogP contribution in [0, 0.1) is 11.8 Å². The van der Waals surface area contributed by atoms with Crippen LogP contribution in [0.2, 0.25) is 5.02 Å². The first kappa shape index (κ1) is 22.8. The van der Waals surface area contributed by atoms with Crippen LogP contribution in [-0.2, 0) is 30.1 Å². The van der Waals surface area contributed by atoms with Gasteiger partial charge in [0.25, 0.3) is 5.91 Å². The molecule has 3 rings (SSSR count). The molecule has 1 aliphatic carbocycles. The van der Waals surface area contributed by atoms with Crippen molar-refractivity contribution >= 4 is 41.0 Å². The molecule has 0 radical (unpaired) electrons. The number of hydrogen-bond donors (Lipinski definition) is 1. The number of carbonyl (C=O) groups excluding carboxylic acids is 4. The Morgan fingerprint density at radius 2 is 1.77 bits per heavy atom. The minimum Gasteiger partial charge on any atom is -0.451 e. The number of likely N-dealkylation sites (tertiary alicyclic amines) is 1. The Morgan fingerprint density at radius 3 is 2.32 bits per heavy atom. The summed E-state index contributed by atoms with van der Waals surface area (Å²) in [5.41, 5.74) is -1.32. The van der Waals surface area contributed by atoms with Gasteiger partial charge in [0, 0.05) is 5.69 Å². The maximum atomic E-state index is 12.9. The fraction of sp³-hybridized carbons (Fsp3) is 0.400. The Morgan fingerprint density at radius 1 is 1.19 bits per heavy atom. The topological polar surface area (TPSA) is 92.8 Å². The first-order valence-corrected chi connectivity index (χ1v) is 9.74. The average Bonchev–Trinajstić information content (AvgIpc) is 2.93.